The van der Waals surface area contributed by atoms with E-state index < -0.39 is 0 Å². The van der Waals surface area contributed by atoms with Crippen molar-refractivity contribution < 1.29 is 9.53 Å². The zero-order valence-electron chi connectivity index (χ0n) is 20.4. The number of rotatable bonds is 11. The quantitative estimate of drug-likeness (QED) is 0.391. The average Bonchev–Trinajstić information content (AvgIpc) is 3.62. The molecule has 4 rings (SSSR count). The molecule has 0 aromatic carbocycles. The van der Waals surface area contributed by atoms with Crippen LogP contribution in [0.1, 0.15) is 68.4 Å². The Morgan fingerprint density at radius 3 is 2.91 bits per heavy atom. The first-order chi connectivity index (χ1) is 16.6. The third-order valence-corrected chi connectivity index (χ3v) is 7.53. The number of hydrogen-bond acceptors (Lipinski definition) is 6. The third-order valence-electron chi connectivity index (χ3n) is 6.66. The number of nitrogens with one attached hydrogen (secondary N) is 1. The summed E-state index contributed by atoms with van der Waals surface area (Å²) in [7, 11) is 0. The lowest BCUT2D eigenvalue weighted by Gasteiger charge is -2.16. The fourth-order valence-electron chi connectivity index (χ4n) is 4.51. The van der Waals surface area contributed by atoms with Gasteiger partial charge in [-0.2, -0.15) is 0 Å². The van der Waals surface area contributed by atoms with Crippen molar-refractivity contribution in [3.63, 3.8) is 0 Å². The second kappa shape index (κ2) is 11.7. The van der Waals surface area contributed by atoms with Gasteiger partial charge in [0.05, 0.1) is 29.3 Å². The molecule has 0 saturated carbocycles. The van der Waals surface area contributed by atoms with Crippen molar-refractivity contribution >= 4 is 17.2 Å². The summed E-state index contributed by atoms with van der Waals surface area (Å²) in [6.07, 6.45) is 12.0. The van der Waals surface area contributed by atoms with E-state index in [1.807, 2.05) is 18.4 Å². The van der Waals surface area contributed by atoms with Gasteiger partial charge in [0.1, 0.15) is 10.7 Å². The van der Waals surface area contributed by atoms with Crippen molar-refractivity contribution in [1.29, 1.82) is 0 Å². The number of carbonyl (C=O) groups excluding carboxylic acids is 1. The normalized spacial score (nSPS) is 16.6. The number of thiazole rings is 1. The summed E-state index contributed by atoms with van der Waals surface area (Å²) in [5.74, 6) is 0.509. The Balaban J connectivity index is 1.60. The molecule has 2 unspecified atom stereocenters. The molecular weight excluding hydrogens is 446 g/mol. The van der Waals surface area contributed by atoms with E-state index in [0.29, 0.717) is 18.0 Å². The third kappa shape index (κ3) is 5.73. The van der Waals surface area contributed by atoms with Crippen molar-refractivity contribution in [3.8, 4) is 22.1 Å². The standard InChI is InChI=1S/C26H35N5O2S/c1-4-6-8-19(5-2)14-29-25(32)21-13-24(31(18(21)3)16-20-9-7-12-33-20)23-17-34-26(30-23)22-15-27-10-11-28-22/h10-11,13,15,17,19-20H,4-9,12,14,16H2,1-3H3,(H,29,32). The van der Waals surface area contributed by atoms with Gasteiger partial charge >= 0.3 is 0 Å². The average molecular weight is 482 g/mol. The molecule has 0 spiro atoms. The van der Waals surface area contributed by atoms with Gasteiger partial charge in [-0.15, -0.1) is 11.3 Å². The maximum absolute atomic E-state index is 13.2. The van der Waals surface area contributed by atoms with Gasteiger partial charge < -0.3 is 14.6 Å². The lowest BCUT2D eigenvalue weighted by molar-refractivity contribution is 0.0935. The van der Waals surface area contributed by atoms with Gasteiger partial charge in [0, 0.05) is 43.2 Å². The van der Waals surface area contributed by atoms with Crippen LogP contribution in [0, 0.1) is 12.8 Å². The molecular formula is C26H35N5O2S. The maximum Gasteiger partial charge on any atom is 0.253 e. The van der Waals surface area contributed by atoms with Crippen molar-refractivity contribution in [2.45, 2.75) is 71.9 Å². The number of ether oxygens (including phenoxy) is 1. The maximum atomic E-state index is 13.2. The Morgan fingerprint density at radius 2 is 2.21 bits per heavy atom. The SMILES string of the molecule is CCCCC(CC)CNC(=O)c1cc(-c2csc(-c3cnccn3)n2)n(CC2CCCO2)c1C. The Morgan fingerprint density at radius 1 is 1.32 bits per heavy atom. The molecule has 1 fully saturated rings. The second-order valence-electron chi connectivity index (χ2n) is 9.03. The van der Waals surface area contributed by atoms with Crippen LogP contribution in [-0.2, 0) is 11.3 Å². The van der Waals surface area contributed by atoms with E-state index in [4.69, 9.17) is 9.72 Å². The zero-order valence-corrected chi connectivity index (χ0v) is 21.2. The summed E-state index contributed by atoms with van der Waals surface area (Å²) in [6.45, 7) is 8.68. The molecule has 1 aliphatic rings. The largest absolute Gasteiger partial charge is 0.376 e. The van der Waals surface area contributed by atoms with Gasteiger partial charge in [0.15, 0.2) is 0 Å². The minimum atomic E-state index is -0.0100. The molecule has 0 aliphatic carbocycles. The summed E-state index contributed by atoms with van der Waals surface area (Å²) in [4.78, 5) is 26.6. The molecule has 7 nitrogen and oxygen atoms in total. The van der Waals surface area contributed by atoms with E-state index in [1.54, 1.807) is 18.6 Å². The van der Waals surface area contributed by atoms with Gasteiger partial charge in [-0.05, 0) is 38.2 Å². The van der Waals surface area contributed by atoms with Crippen LogP contribution in [0.2, 0.25) is 0 Å². The number of aromatic nitrogens is 4. The van der Waals surface area contributed by atoms with E-state index in [2.05, 4.69) is 33.7 Å². The molecule has 1 aliphatic heterocycles. The summed E-state index contributed by atoms with van der Waals surface area (Å²) in [5.41, 5.74) is 4.22. The fourth-order valence-corrected chi connectivity index (χ4v) is 5.28. The van der Waals surface area contributed by atoms with Crippen LogP contribution in [-0.4, -0.2) is 44.7 Å². The van der Waals surface area contributed by atoms with Crippen LogP contribution in [0.4, 0.5) is 0 Å². The highest BCUT2D eigenvalue weighted by Gasteiger charge is 2.24. The van der Waals surface area contributed by atoms with Gasteiger partial charge in [-0.25, -0.2) is 4.98 Å². The van der Waals surface area contributed by atoms with Crippen LogP contribution in [0.25, 0.3) is 22.1 Å². The first kappa shape index (κ1) is 24.5. The fraction of sp³-hybridized carbons (Fsp3) is 0.538. The lowest BCUT2D eigenvalue weighted by atomic mass is 9.99. The van der Waals surface area contributed by atoms with E-state index in [1.165, 1.54) is 24.2 Å². The smallest absolute Gasteiger partial charge is 0.253 e. The number of nitrogens with zero attached hydrogens (tertiary/aromatic N) is 4. The Bertz CT molecular complexity index is 1070. The van der Waals surface area contributed by atoms with Crippen LogP contribution in [0.5, 0.6) is 0 Å². The van der Waals surface area contributed by atoms with Gasteiger partial charge in [-0.3, -0.25) is 14.8 Å². The van der Waals surface area contributed by atoms with E-state index in [9.17, 15) is 4.79 Å². The molecule has 4 heterocycles. The Kier molecular flexibility index (Phi) is 8.45. The molecule has 0 radical (unpaired) electrons. The monoisotopic (exact) mass is 481 g/mol. The summed E-state index contributed by atoms with van der Waals surface area (Å²) >= 11 is 1.54. The van der Waals surface area contributed by atoms with Gasteiger partial charge in [0.25, 0.3) is 5.91 Å². The predicted molar refractivity (Wildman–Crippen MR) is 136 cm³/mol. The first-order valence-electron chi connectivity index (χ1n) is 12.4. The van der Waals surface area contributed by atoms with Crippen LogP contribution >= 0.6 is 11.3 Å². The molecule has 0 bridgehead atoms. The lowest BCUT2D eigenvalue weighted by Crippen LogP contribution is -2.29. The van der Waals surface area contributed by atoms with Crippen molar-refractivity contribution in [2.24, 2.45) is 5.92 Å². The summed E-state index contributed by atoms with van der Waals surface area (Å²) in [5, 5.41) is 6.05. The van der Waals surface area contributed by atoms with Crippen molar-refractivity contribution in [3.05, 3.63) is 41.3 Å². The zero-order chi connectivity index (χ0) is 23.9. The number of amides is 1. The van der Waals surface area contributed by atoms with Crippen LogP contribution in [0.15, 0.2) is 30.0 Å². The molecule has 1 N–H and O–H groups in total. The minimum absolute atomic E-state index is 0.0100. The predicted octanol–water partition coefficient (Wildman–Crippen LogP) is 5.50. The summed E-state index contributed by atoms with van der Waals surface area (Å²) in [6, 6.07) is 1.99. The van der Waals surface area contributed by atoms with Gasteiger partial charge in [0.2, 0.25) is 0 Å². The molecule has 8 heteroatoms. The van der Waals surface area contributed by atoms with Gasteiger partial charge in [-0.1, -0.05) is 33.1 Å². The summed E-state index contributed by atoms with van der Waals surface area (Å²) < 4.78 is 8.12. The van der Waals surface area contributed by atoms with Crippen molar-refractivity contribution in [2.75, 3.05) is 13.2 Å². The molecule has 182 valence electrons. The number of hydrogen-bond donors (Lipinski definition) is 1. The molecule has 3 aromatic rings. The second-order valence-corrected chi connectivity index (χ2v) is 9.89. The van der Waals surface area contributed by atoms with E-state index in [-0.39, 0.29) is 12.0 Å². The highest BCUT2D eigenvalue weighted by atomic mass is 32.1. The molecule has 34 heavy (non-hydrogen) atoms. The Hall–Kier alpha value is -2.58. The topological polar surface area (TPSA) is 81.9 Å². The van der Waals surface area contributed by atoms with Crippen LogP contribution < -0.4 is 5.32 Å². The molecule has 3 aromatic heterocycles. The van der Waals surface area contributed by atoms with E-state index >= 15 is 0 Å². The number of unbranched alkanes of at least 4 members (excludes halogenated alkanes) is 1. The van der Waals surface area contributed by atoms with Crippen LogP contribution in [0.3, 0.4) is 0 Å². The molecule has 1 saturated heterocycles. The van der Waals surface area contributed by atoms with E-state index in [0.717, 1.165) is 66.6 Å². The Labute approximate surface area is 206 Å². The highest BCUT2D eigenvalue weighted by Crippen LogP contribution is 2.31. The highest BCUT2D eigenvalue weighted by molar-refractivity contribution is 7.13. The van der Waals surface area contributed by atoms with Crippen molar-refractivity contribution in [1.82, 2.24) is 24.8 Å². The molecule has 2 atom stereocenters. The first-order valence-corrected chi connectivity index (χ1v) is 13.3. The number of carbonyl (C=O) groups is 1. The minimum Gasteiger partial charge on any atom is -0.376 e. The molecule has 1 amide bonds.